The van der Waals surface area contributed by atoms with Crippen molar-refractivity contribution in [2.45, 2.75) is 13.5 Å². The molecule has 1 heterocycles. The standard InChI is InChI=1S/C16H10F2INO4/c1-7-4-9(19)2-3-11(7)20-14-8(6-24-16(20)23)5-10(15(21)22)12(17)13(14)18/h2-5H,6H2,1H3,(H,21,22). The van der Waals surface area contributed by atoms with Crippen molar-refractivity contribution in [3.8, 4) is 0 Å². The van der Waals surface area contributed by atoms with Gasteiger partial charge in [-0.05, 0) is 59.3 Å². The molecule has 0 radical (unpaired) electrons. The Hall–Kier alpha value is -2.23. The van der Waals surface area contributed by atoms with Crippen molar-refractivity contribution in [2.75, 3.05) is 4.90 Å². The average Bonchev–Trinajstić information content (AvgIpc) is 2.51. The number of aromatic carboxylic acids is 1. The normalized spacial score (nSPS) is 13.5. The maximum Gasteiger partial charge on any atom is 0.419 e. The van der Waals surface area contributed by atoms with Crippen LogP contribution in [0.25, 0.3) is 0 Å². The second-order valence-corrected chi connectivity index (χ2v) is 6.43. The Morgan fingerprint density at radius 2 is 2.00 bits per heavy atom. The van der Waals surface area contributed by atoms with E-state index in [9.17, 15) is 18.4 Å². The average molecular weight is 445 g/mol. The minimum absolute atomic E-state index is 0.0869. The smallest absolute Gasteiger partial charge is 0.419 e. The van der Waals surface area contributed by atoms with Gasteiger partial charge < -0.3 is 9.84 Å². The van der Waals surface area contributed by atoms with Gasteiger partial charge in [-0.1, -0.05) is 0 Å². The van der Waals surface area contributed by atoms with Crippen LogP contribution in [0.15, 0.2) is 24.3 Å². The summed E-state index contributed by atoms with van der Waals surface area (Å²) in [7, 11) is 0. The first-order valence-electron chi connectivity index (χ1n) is 6.78. The van der Waals surface area contributed by atoms with E-state index in [4.69, 9.17) is 9.84 Å². The number of halogens is 3. The van der Waals surface area contributed by atoms with Crippen LogP contribution in [0.1, 0.15) is 21.5 Å². The van der Waals surface area contributed by atoms with Crippen molar-refractivity contribution < 1.29 is 28.2 Å². The summed E-state index contributed by atoms with van der Waals surface area (Å²) < 4.78 is 34.5. The Labute approximate surface area is 149 Å². The number of carboxylic acids is 1. The van der Waals surface area contributed by atoms with Gasteiger partial charge in [-0.15, -0.1) is 0 Å². The number of cyclic esters (lactones) is 1. The minimum atomic E-state index is -1.59. The SMILES string of the molecule is Cc1cc(I)ccc1N1C(=O)OCc2cc(C(=O)O)c(F)c(F)c21. The lowest BCUT2D eigenvalue weighted by atomic mass is 10.0. The molecule has 0 bridgehead atoms. The van der Waals surface area contributed by atoms with E-state index in [1.54, 1.807) is 25.1 Å². The highest BCUT2D eigenvalue weighted by Crippen LogP contribution is 2.39. The number of benzene rings is 2. The lowest BCUT2D eigenvalue weighted by Gasteiger charge is -2.30. The molecule has 24 heavy (non-hydrogen) atoms. The fourth-order valence-electron chi connectivity index (χ4n) is 2.56. The molecule has 0 aliphatic carbocycles. The second kappa shape index (κ2) is 6.00. The summed E-state index contributed by atoms with van der Waals surface area (Å²) in [5.74, 6) is -4.49. The fraction of sp³-hybridized carbons (Fsp3) is 0.125. The molecule has 0 unspecified atom stereocenters. The molecule has 1 N–H and O–H groups in total. The van der Waals surface area contributed by atoms with E-state index in [1.807, 2.05) is 0 Å². The first-order valence-corrected chi connectivity index (χ1v) is 7.86. The number of fused-ring (bicyclic) bond motifs is 1. The third-order valence-electron chi connectivity index (χ3n) is 3.65. The number of hydrogen-bond donors (Lipinski definition) is 1. The fourth-order valence-corrected chi connectivity index (χ4v) is 3.21. The van der Waals surface area contributed by atoms with Gasteiger partial charge in [0, 0.05) is 9.13 Å². The molecular weight excluding hydrogens is 435 g/mol. The van der Waals surface area contributed by atoms with Crippen molar-refractivity contribution in [1.82, 2.24) is 0 Å². The van der Waals surface area contributed by atoms with Gasteiger partial charge >= 0.3 is 12.1 Å². The van der Waals surface area contributed by atoms with Crippen LogP contribution in [0.2, 0.25) is 0 Å². The van der Waals surface area contributed by atoms with Crippen molar-refractivity contribution in [3.63, 3.8) is 0 Å². The Bertz CT molecular complexity index is 885. The molecule has 3 rings (SSSR count). The molecule has 0 saturated carbocycles. The maximum absolute atomic E-state index is 14.5. The zero-order valence-corrected chi connectivity index (χ0v) is 14.4. The van der Waals surface area contributed by atoms with Crippen molar-refractivity contribution >= 4 is 46.0 Å². The van der Waals surface area contributed by atoms with Gasteiger partial charge in [0.1, 0.15) is 6.61 Å². The number of carboxylic acid groups (broad SMARTS) is 1. The lowest BCUT2D eigenvalue weighted by Crippen LogP contribution is -2.33. The van der Waals surface area contributed by atoms with Crippen LogP contribution < -0.4 is 4.90 Å². The summed E-state index contributed by atoms with van der Waals surface area (Å²) in [6.45, 7) is 1.39. The number of aryl methyl sites for hydroxylation is 1. The summed E-state index contributed by atoms with van der Waals surface area (Å²) in [4.78, 5) is 24.1. The highest BCUT2D eigenvalue weighted by atomic mass is 127. The highest BCUT2D eigenvalue weighted by Gasteiger charge is 2.34. The molecular formula is C16H10F2INO4. The Balaban J connectivity index is 2.26. The van der Waals surface area contributed by atoms with E-state index < -0.39 is 29.3 Å². The molecule has 1 aliphatic heterocycles. The van der Waals surface area contributed by atoms with Gasteiger partial charge in [0.05, 0.1) is 16.9 Å². The summed E-state index contributed by atoms with van der Waals surface area (Å²) in [5.41, 5.74) is -0.0399. The topological polar surface area (TPSA) is 66.8 Å². The van der Waals surface area contributed by atoms with E-state index in [2.05, 4.69) is 22.6 Å². The summed E-state index contributed by atoms with van der Waals surface area (Å²) >= 11 is 2.09. The third kappa shape index (κ3) is 2.60. The van der Waals surface area contributed by atoms with Crippen molar-refractivity contribution in [3.05, 3.63) is 56.2 Å². The zero-order chi connectivity index (χ0) is 17.6. The summed E-state index contributed by atoms with van der Waals surface area (Å²) in [6, 6.07) is 6.06. The Morgan fingerprint density at radius 3 is 2.62 bits per heavy atom. The predicted molar refractivity (Wildman–Crippen MR) is 89.5 cm³/mol. The first-order chi connectivity index (χ1) is 11.3. The molecule has 124 valence electrons. The van der Waals surface area contributed by atoms with Gasteiger partial charge in [-0.2, -0.15) is 0 Å². The number of nitrogens with zero attached hydrogens (tertiary/aromatic N) is 1. The maximum atomic E-state index is 14.5. The molecule has 0 atom stereocenters. The van der Waals surface area contributed by atoms with E-state index in [0.29, 0.717) is 11.3 Å². The number of amides is 1. The van der Waals surface area contributed by atoms with E-state index in [-0.39, 0.29) is 17.9 Å². The molecule has 1 aliphatic rings. The Kier molecular flexibility index (Phi) is 4.16. The molecule has 0 fully saturated rings. The van der Waals surface area contributed by atoms with Gasteiger partial charge in [0.2, 0.25) is 0 Å². The highest BCUT2D eigenvalue weighted by molar-refractivity contribution is 14.1. The molecule has 8 heteroatoms. The summed E-state index contributed by atoms with van der Waals surface area (Å²) in [5, 5.41) is 8.97. The number of anilines is 2. The van der Waals surface area contributed by atoms with Crippen LogP contribution in [0.3, 0.4) is 0 Å². The molecule has 0 aromatic heterocycles. The van der Waals surface area contributed by atoms with Crippen LogP contribution in [-0.2, 0) is 11.3 Å². The second-order valence-electron chi connectivity index (χ2n) is 5.19. The molecule has 2 aromatic carbocycles. The van der Waals surface area contributed by atoms with Crippen molar-refractivity contribution in [2.24, 2.45) is 0 Å². The van der Waals surface area contributed by atoms with E-state index in [1.165, 1.54) is 0 Å². The van der Waals surface area contributed by atoms with Crippen LogP contribution in [0.5, 0.6) is 0 Å². The minimum Gasteiger partial charge on any atom is -0.478 e. The van der Waals surface area contributed by atoms with Gasteiger partial charge in [0.25, 0.3) is 0 Å². The molecule has 2 aromatic rings. The van der Waals surface area contributed by atoms with Crippen LogP contribution in [-0.4, -0.2) is 17.2 Å². The number of hydrogen-bond acceptors (Lipinski definition) is 3. The number of carbonyl (C=O) groups is 2. The zero-order valence-electron chi connectivity index (χ0n) is 12.3. The van der Waals surface area contributed by atoms with Crippen LogP contribution in [0, 0.1) is 22.1 Å². The van der Waals surface area contributed by atoms with Gasteiger partial charge in [-0.3, -0.25) is 0 Å². The monoisotopic (exact) mass is 445 g/mol. The first kappa shape index (κ1) is 16.6. The lowest BCUT2D eigenvalue weighted by molar-refractivity contribution is 0.0690. The van der Waals surface area contributed by atoms with Crippen molar-refractivity contribution in [1.29, 1.82) is 0 Å². The summed E-state index contributed by atoms with van der Waals surface area (Å²) in [6.07, 6.45) is -0.854. The number of carbonyl (C=O) groups excluding carboxylic acids is 1. The van der Waals surface area contributed by atoms with E-state index in [0.717, 1.165) is 14.5 Å². The van der Waals surface area contributed by atoms with E-state index >= 15 is 0 Å². The molecule has 0 saturated heterocycles. The third-order valence-corrected chi connectivity index (χ3v) is 4.32. The predicted octanol–water partition coefficient (Wildman–Crippen LogP) is 4.36. The number of ether oxygens (including phenoxy) is 1. The Morgan fingerprint density at radius 1 is 1.29 bits per heavy atom. The molecule has 1 amide bonds. The number of rotatable bonds is 2. The quantitative estimate of drug-likeness (QED) is 0.698. The largest absolute Gasteiger partial charge is 0.478 e. The van der Waals surface area contributed by atoms with Crippen LogP contribution >= 0.6 is 22.6 Å². The van der Waals surface area contributed by atoms with Crippen LogP contribution in [0.4, 0.5) is 25.0 Å². The molecule has 5 nitrogen and oxygen atoms in total. The van der Waals surface area contributed by atoms with Gasteiger partial charge in [-0.25, -0.2) is 23.3 Å². The van der Waals surface area contributed by atoms with Gasteiger partial charge in [0.15, 0.2) is 11.6 Å². The molecule has 0 spiro atoms.